The Balaban J connectivity index is 0.00000218. The zero-order valence-electron chi connectivity index (χ0n) is 19.1. The highest BCUT2D eigenvalue weighted by atomic mass is 35.5. The molecular formula is C26H36ClN2P. The van der Waals surface area contributed by atoms with Gasteiger partial charge < -0.3 is 0 Å². The minimum Gasteiger partial charge on any atom is -0.300 e. The van der Waals surface area contributed by atoms with Gasteiger partial charge in [0.15, 0.2) is 0 Å². The van der Waals surface area contributed by atoms with Gasteiger partial charge in [-0.25, -0.2) is 4.98 Å². The van der Waals surface area contributed by atoms with Crippen molar-refractivity contribution >= 4 is 30.1 Å². The molecule has 0 aliphatic rings. The molecule has 1 aromatic carbocycles. The first-order chi connectivity index (χ1) is 14.5. The summed E-state index contributed by atoms with van der Waals surface area (Å²) in [5.74, 6) is 0. The Bertz CT molecular complexity index is 817. The second-order valence-electron chi connectivity index (χ2n) is 6.96. The van der Waals surface area contributed by atoms with Gasteiger partial charge in [-0.2, -0.15) is 0 Å². The molecule has 0 radical (unpaired) electrons. The van der Waals surface area contributed by atoms with E-state index >= 15 is 0 Å². The van der Waals surface area contributed by atoms with Crippen LogP contribution in [0.2, 0.25) is 5.15 Å². The fourth-order valence-corrected chi connectivity index (χ4v) is 6.13. The molecule has 162 valence electrons. The van der Waals surface area contributed by atoms with Gasteiger partial charge in [0.25, 0.3) is 0 Å². The zero-order chi connectivity index (χ0) is 22.5. The molecule has 2 rings (SSSR count). The highest BCUT2D eigenvalue weighted by Gasteiger charge is 2.24. The summed E-state index contributed by atoms with van der Waals surface area (Å²) in [6.07, 6.45) is 10.9. The quantitative estimate of drug-likeness (QED) is 0.176. The van der Waals surface area contributed by atoms with Gasteiger partial charge in [0.05, 0.1) is 0 Å². The summed E-state index contributed by atoms with van der Waals surface area (Å²) in [6, 6.07) is 13.1. The number of rotatable bonds is 9. The van der Waals surface area contributed by atoms with E-state index in [9.17, 15) is 0 Å². The maximum atomic E-state index is 6.39. The van der Waals surface area contributed by atoms with Gasteiger partial charge in [-0.3, -0.25) is 4.90 Å². The molecule has 0 fully saturated rings. The molecule has 4 heteroatoms. The Kier molecular flexibility index (Phi) is 12.5. The van der Waals surface area contributed by atoms with Crippen molar-refractivity contribution < 1.29 is 0 Å². The van der Waals surface area contributed by atoms with Gasteiger partial charge >= 0.3 is 0 Å². The number of hydrogen-bond acceptors (Lipinski definition) is 2. The van der Waals surface area contributed by atoms with Gasteiger partial charge in [-0.1, -0.05) is 73.5 Å². The molecule has 0 saturated carbocycles. The van der Waals surface area contributed by atoms with Crippen molar-refractivity contribution in [1.82, 2.24) is 9.88 Å². The molecular weight excluding hydrogens is 407 g/mol. The fraction of sp³-hybridized carbons (Fsp3) is 0.346. The first-order valence-electron chi connectivity index (χ1n) is 10.5. The molecule has 0 aliphatic heterocycles. The van der Waals surface area contributed by atoms with E-state index in [0.29, 0.717) is 5.15 Å². The van der Waals surface area contributed by atoms with Crippen LogP contribution in [0.4, 0.5) is 0 Å². The van der Waals surface area contributed by atoms with Crippen LogP contribution in [0.1, 0.15) is 52.1 Å². The Labute approximate surface area is 190 Å². The summed E-state index contributed by atoms with van der Waals surface area (Å²) < 4.78 is 0. The standard InChI is InChI=1S/C24H32ClN2P.C2H4/c1-6-9-16-27(5)19(4)22-18-26-24(25)17-23(22)28(20(8-3)13-7-2)21-14-11-10-12-15-21;1-2/h7-8,10-15,17-19H,6,9,16H2,1-5H3;1-2H2/b13-7-,20-8+;/t19-,28?;/m0./s1. The van der Waals surface area contributed by atoms with Gasteiger partial charge in [-0.15, -0.1) is 13.2 Å². The van der Waals surface area contributed by atoms with Crippen molar-refractivity contribution in [3.05, 3.63) is 90.0 Å². The Morgan fingerprint density at radius 2 is 1.90 bits per heavy atom. The van der Waals surface area contributed by atoms with Crippen LogP contribution in [-0.2, 0) is 0 Å². The number of allylic oxidation sites excluding steroid dienone is 4. The largest absolute Gasteiger partial charge is 0.300 e. The minimum atomic E-state index is -0.704. The predicted molar refractivity (Wildman–Crippen MR) is 138 cm³/mol. The number of hydrogen-bond donors (Lipinski definition) is 0. The van der Waals surface area contributed by atoms with Crippen molar-refractivity contribution in [2.45, 2.75) is 46.6 Å². The average Bonchev–Trinajstić information content (AvgIpc) is 2.78. The minimum absolute atomic E-state index is 0.281. The third-order valence-corrected chi connectivity index (χ3v) is 7.81. The lowest BCUT2D eigenvalue weighted by Crippen LogP contribution is -2.28. The van der Waals surface area contributed by atoms with E-state index in [1.165, 1.54) is 34.3 Å². The number of pyridine rings is 1. The van der Waals surface area contributed by atoms with Crippen molar-refractivity contribution in [2.75, 3.05) is 13.6 Å². The second-order valence-corrected chi connectivity index (χ2v) is 9.53. The topological polar surface area (TPSA) is 16.1 Å². The lowest BCUT2D eigenvalue weighted by atomic mass is 10.1. The lowest BCUT2D eigenvalue weighted by molar-refractivity contribution is 0.258. The van der Waals surface area contributed by atoms with Crippen LogP contribution in [0.5, 0.6) is 0 Å². The fourth-order valence-electron chi connectivity index (χ4n) is 3.26. The molecule has 1 aromatic heterocycles. The number of benzene rings is 1. The average molecular weight is 443 g/mol. The van der Waals surface area contributed by atoms with Gasteiger partial charge in [0.2, 0.25) is 0 Å². The normalized spacial score (nSPS) is 13.8. The second kappa shape index (κ2) is 14.3. The lowest BCUT2D eigenvalue weighted by Gasteiger charge is -2.30. The highest BCUT2D eigenvalue weighted by molar-refractivity contribution is 7.77. The van der Waals surface area contributed by atoms with Crippen LogP contribution >= 0.6 is 19.5 Å². The molecule has 0 spiro atoms. The molecule has 0 saturated heterocycles. The molecule has 1 heterocycles. The number of nitrogens with zero attached hydrogens (tertiary/aromatic N) is 2. The highest BCUT2D eigenvalue weighted by Crippen LogP contribution is 2.45. The van der Waals surface area contributed by atoms with Crippen molar-refractivity contribution in [1.29, 1.82) is 0 Å². The summed E-state index contributed by atoms with van der Waals surface area (Å²) >= 11 is 6.39. The monoisotopic (exact) mass is 442 g/mol. The summed E-state index contributed by atoms with van der Waals surface area (Å²) in [5.41, 5.74) is 1.27. The number of halogens is 1. The predicted octanol–water partition coefficient (Wildman–Crippen LogP) is 7.24. The molecule has 0 amide bonds. The van der Waals surface area contributed by atoms with E-state index in [1.54, 1.807) is 0 Å². The molecule has 2 atom stereocenters. The third kappa shape index (κ3) is 7.20. The summed E-state index contributed by atoms with van der Waals surface area (Å²) in [7, 11) is 1.50. The van der Waals surface area contributed by atoms with Crippen LogP contribution in [0.25, 0.3) is 0 Å². The number of unbranched alkanes of at least 4 members (excludes halogenated alkanes) is 1. The van der Waals surface area contributed by atoms with Crippen molar-refractivity contribution in [3.8, 4) is 0 Å². The molecule has 0 N–H and O–H groups in total. The van der Waals surface area contributed by atoms with Crippen LogP contribution < -0.4 is 10.6 Å². The van der Waals surface area contributed by atoms with Gasteiger partial charge in [-0.05, 0) is 76.3 Å². The maximum absolute atomic E-state index is 6.39. The first kappa shape index (κ1) is 26.3. The van der Waals surface area contributed by atoms with Crippen LogP contribution in [0.15, 0.2) is 79.3 Å². The van der Waals surface area contributed by atoms with E-state index in [0.717, 1.165) is 6.54 Å². The molecule has 1 unspecified atom stereocenters. The number of aromatic nitrogens is 1. The van der Waals surface area contributed by atoms with Gasteiger partial charge in [0, 0.05) is 12.2 Å². The van der Waals surface area contributed by atoms with Crippen molar-refractivity contribution in [2.24, 2.45) is 0 Å². The van der Waals surface area contributed by atoms with Crippen LogP contribution in [0.3, 0.4) is 0 Å². The van der Waals surface area contributed by atoms with Crippen LogP contribution in [0, 0.1) is 0 Å². The molecule has 0 bridgehead atoms. The zero-order valence-corrected chi connectivity index (χ0v) is 20.8. The van der Waals surface area contributed by atoms with E-state index in [-0.39, 0.29) is 6.04 Å². The molecule has 2 aromatic rings. The maximum Gasteiger partial charge on any atom is 0.129 e. The Morgan fingerprint density at radius 1 is 1.23 bits per heavy atom. The van der Waals surface area contributed by atoms with E-state index in [2.05, 4.69) is 112 Å². The van der Waals surface area contributed by atoms with Crippen molar-refractivity contribution in [3.63, 3.8) is 0 Å². The van der Waals surface area contributed by atoms with E-state index in [1.807, 2.05) is 6.20 Å². The SMILES string of the molecule is C/C=C\C(=C/C)P(c1ccccc1)c1cc(Cl)ncc1[C@H](C)N(C)CCCC.C=C. The third-order valence-electron chi connectivity index (χ3n) is 5.00. The summed E-state index contributed by atoms with van der Waals surface area (Å²) in [4.78, 5) is 6.86. The molecule has 2 nitrogen and oxygen atoms in total. The smallest absolute Gasteiger partial charge is 0.129 e. The van der Waals surface area contributed by atoms with E-state index < -0.39 is 7.92 Å². The summed E-state index contributed by atoms with van der Waals surface area (Å²) in [5, 5.41) is 4.51. The first-order valence-corrected chi connectivity index (χ1v) is 12.2. The van der Waals surface area contributed by atoms with Gasteiger partial charge in [0.1, 0.15) is 5.15 Å². The van der Waals surface area contributed by atoms with E-state index in [4.69, 9.17) is 11.6 Å². The summed E-state index contributed by atoms with van der Waals surface area (Å²) in [6.45, 7) is 15.8. The molecule has 0 aliphatic carbocycles. The Morgan fingerprint density at radius 3 is 2.47 bits per heavy atom. The molecule has 30 heavy (non-hydrogen) atoms. The Hall–Kier alpha value is -1.73. The van der Waals surface area contributed by atoms with Crippen LogP contribution in [-0.4, -0.2) is 23.5 Å².